The number of piperidine rings is 2. The number of guanidine groups is 1. The fraction of sp³-hybridized carbons (Fsp3) is 0.622. The molecule has 8 N–H and O–H groups in total. The van der Waals surface area contributed by atoms with Gasteiger partial charge in [0, 0.05) is 50.0 Å². The third-order valence-corrected chi connectivity index (χ3v) is 11.4. The van der Waals surface area contributed by atoms with Crippen LogP contribution in [-0.2, 0) is 40.5 Å². The van der Waals surface area contributed by atoms with Gasteiger partial charge in [-0.3, -0.25) is 24.2 Å². The molecule has 2 saturated heterocycles. The van der Waals surface area contributed by atoms with E-state index in [-0.39, 0.29) is 62.7 Å². The largest absolute Gasteiger partial charge is 0.504 e. The van der Waals surface area contributed by atoms with Gasteiger partial charge in [0.2, 0.25) is 17.7 Å². The topological polar surface area (TPSA) is 240 Å². The number of hydrogen-bond acceptors (Lipinski definition) is 11. The number of likely N-dealkylation sites (N-methyl/N-ethyl adjacent to an activating group) is 1. The number of aromatic hydroxyl groups is 1. The molecule has 0 spiro atoms. The minimum absolute atomic E-state index is 0.0342. The van der Waals surface area contributed by atoms with Crippen LogP contribution in [0, 0.1) is 11.8 Å². The number of nitrogens with one attached hydrogen (secondary N) is 3. The number of nitrogens with two attached hydrogens (primary N) is 2. The van der Waals surface area contributed by atoms with Gasteiger partial charge in [0.1, 0.15) is 11.8 Å². The number of phenolic OH excluding ortho intramolecular Hbond substituents is 1. The Kier molecular flexibility index (Phi) is 12.9. The second-order valence-electron chi connectivity index (χ2n) is 14.7. The molecule has 1 aromatic rings. The maximum Gasteiger partial charge on any atom is 0.415 e. The Morgan fingerprint density at radius 2 is 1.91 bits per heavy atom. The number of ether oxygens (including phenoxy) is 3. The average Bonchev–Trinajstić information content (AvgIpc) is 3.14. The molecule has 5 unspecified atom stereocenters. The van der Waals surface area contributed by atoms with E-state index in [2.05, 4.69) is 32.9 Å². The van der Waals surface area contributed by atoms with Crippen molar-refractivity contribution < 1.29 is 43.3 Å². The quantitative estimate of drug-likeness (QED) is 0.0693. The molecule has 54 heavy (non-hydrogen) atoms. The van der Waals surface area contributed by atoms with Crippen LogP contribution in [0.3, 0.4) is 0 Å². The highest BCUT2D eigenvalue weighted by Gasteiger charge is 2.55. The van der Waals surface area contributed by atoms with Crippen molar-refractivity contribution >= 4 is 35.7 Å². The van der Waals surface area contributed by atoms with Crippen LogP contribution >= 0.6 is 0 Å². The van der Waals surface area contributed by atoms with E-state index in [9.17, 15) is 29.1 Å². The molecule has 296 valence electrons. The summed E-state index contributed by atoms with van der Waals surface area (Å²) in [5.41, 5.74) is 12.3. The SMILES string of the molecule is COC(=O)C1CCN(C(=O)OC2=CC[C@H]3C4Cc5ccc(OC)c(O)c5C3(CCN4C)C2)C(CNC(=O)C(CCCN=C(N)N)NC(=O)CNC(C)=O)C1. The van der Waals surface area contributed by atoms with Crippen molar-refractivity contribution in [3.8, 4) is 11.5 Å². The van der Waals surface area contributed by atoms with Gasteiger partial charge in [-0.05, 0) is 82.2 Å². The number of esters is 1. The summed E-state index contributed by atoms with van der Waals surface area (Å²) in [6, 6.07) is 2.46. The average molecular weight is 755 g/mol. The predicted octanol–water partition coefficient (Wildman–Crippen LogP) is 0.374. The number of aliphatic imine (C=N–C) groups is 1. The fourth-order valence-electron chi connectivity index (χ4n) is 8.75. The molecule has 0 radical (unpaired) electrons. The lowest BCUT2D eigenvalue weighted by molar-refractivity contribution is -0.147. The standard InChI is InChI=1S/C37H54N8O9/c1-21(46)41-20-30(47)43-27(6-5-13-40-35(38)39)33(49)42-19-24-16-23(34(50)53-4)11-14-45(24)36(51)54-25-8-9-26-28-17-22-7-10-29(52-3)32(48)31(22)37(26,18-25)12-15-44(28)2/h7-8,10,23-24,26-28,48H,5-6,9,11-20H2,1-4H3,(H,41,46)(H,42,49)(H,43,47)(H4,38,39,40)/t23?,24?,26-,27?,28?,37?/m0/s1. The van der Waals surface area contributed by atoms with Crippen LogP contribution in [0.2, 0.25) is 0 Å². The van der Waals surface area contributed by atoms with Crippen molar-refractivity contribution in [2.45, 2.75) is 81.8 Å². The molecule has 0 aromatic heterocycles. The lowest BCUT2D eigenvalue weighted by Crippen LogP contribution is -2.60. The van der Waals surface area contributed by atoms with E-state index in [1.165, 1.54) is 26.0 Å². The zero-order valence-corrected chi connectivity index (χ0v) is 31.5. The minimum atomic E-state index is -0.993. The van der Waals surface area contributed by atoms with Crippen molar-refractivity contribution in [2.24, 2.45) is 28.3 Å². The van der Waals surface area contributed by atoms with Gasteiger partial charge in [-0.15, -0.1) is 0 Å². The van der Waals surface area contributed by atoms with Gasteiger partial charge in [-0.2, -0.15) is 0 Å². The van der Waals surface area contributed by atoms with Gasteiger partial charge in [0.15, 0.2) is 17.5 Å². The Labute approximate surface area is 315 Å². The highest BCUT2D eigenvalue weighted by Crippen LogP contribution is 2.59. The number of hydrogen-bond donors (Lipinski definition) is 6. The van der Waals surface area contributed by atoms with Crippen LogP contribution in [-0.4, -0.2) is 123 Å². The summed E-state index contributed by atoms with van der Waals surface area (Å²) in [5.74, 6) is -1.24. The summed E-state index contributed by atoms with van der Waals surface area (Å²) in [6.45, 7) is 2.16. The lowest BCUT2D eigenvalue weighted by atomic mass is 9.53. The first-order valence-corrected chi connectivity index (χ1v) is 18.5. The van der Waals surface area contributed by atoms with Gasteiger partial charge in [-0.25, -0.2) is 4.79 Å². The van der Waals surface area contributed by atoms with E-state index in [0.29, 0.717) is 37.2 Å². The first-order valence-electron chi connectivity index (χ1n) is 18.5. The summed E-state index contributed by atoms with van der Waals surface area (Å²) in [5, 5.41) is 19.4. The zero-order chi connectivity index (χ0) is 39.2. The molecule has 2 heterocycles. The third kappa shape index (κ3) is 8.83. The molecule has 2 aliphatic carbocycles. The molecule has 1 aromatic carbocycles. The number of nitrogens with zero attached hydrogens (tertiary/aromatic N) is 3. The molecule has 4 amide bonds. The van der Waals surface area contributed by atoms with E-state index in [1.807, 2.05) is 12.1 Å². The Morgan fingerprint density at radius 3 is 2.61 bits per heavy atom. The van der Waals surface area contributed by atoms with Gasteiger partial charge in [-0.1, -0.05) is 6.07 Å². The Balaban J connectivity index is 1.32. The summed E-state index contributed by atoms with van der Waals surface area (Å²) in [6.07, 6.45) is 5.14. The number of benzene rings is 1. The molecule has 17 nitrogen and oxygen atoms in total. The summed E-state index contributed by atoms with van der Waals surface area (Å²) < 4.78 is 16.7. The number of methoxy groups -OCH3 is 2. The van der Waals surface area contributed by atoms with Crippen molar-refractivity contribution in [3.05, 3.63) is 35.1 Å². The van der Waals surface area contributed by atoms with E-state index in [0.717, 1.165) is 30.5 Å². The number of fused-ring (bicyclic) bond motifs is 1. The summed E-state index contributed by atoms with van der Waals surface area (Å²) in [7, 11) is 4.98. The molecule has 2 fully saturated rings. The molecule has 6 atom stereocenters. The van der Waals surface area contributed by atoms with E-state index in [1.54, 1.807) is 6.07 Å². The highest BCUT2D eigenvalue weighted by molar-refractivity contribution is 5.90. The number of amides is 4. The number of carbonyl (C=O) groups excluding carboxylic acids is 5. The zero-order valence-electron chi connectivity index (χ0n) is 31.5. The molecular weight excluding hydrogens is 700 g/mol. The van der Waals surface area contributed by atoms with E-state index in [4.69, 9.17) is 25.7 Å². The van der Waals surface area contributed by atoms with Crippen molar-refractivity contribution in [1.29, 1.82) is 0 Å². The van der Waals surface area contributed by atoms with E-state index >= 15 is 0 Å². The summed E-state index contributed by atoms with van der Waals surface area (Å²) in [4.78, 5) is 71.9. The number of phenols is 1. The number of allylic oxidation sites excluding steroid dienone is 2. The monoisotopic (exact) mass is 754 g/mol. The van der Waals surface area contributed by atoms with Gasteiger partial charge >= 0.3 is 12.1 Å². The fourth-order valence-corrected chi connectivity index (χ4v) is 8.75. The van der Waals surface area contributed by atoms with Crippen molar-refractivity contribution in [3.63, 3.8) is 0 Å². The number of rotatable bonds is 13. The molecule has 0 saturated carbocycles. The molecular formula is C37H54N8O9. The Hall–Kier alpha value is -5.06. The van der Waals surface area contributed by atoms with Crippen molar-refractivity contribution in [2.75, 3.05) is 54.0 Å². The van der Waals surface area contributed by atoms with Crippen LogP contribution in [0.5, 0.6) is 11.5 Å². The molecule has 2 aliphatic heterocycles. The van der Waals surface area contributed by atoms with Gasteiger partial charge in [0.25, 0.3) is 0 Å². The van der Waals surface area contributed by atoms with Crippen molar-refractivity contribution in [1.82, 2.24) is 25.8 Å². The summed E-state index contributed by atoms with van der Waals surface area (Å²) >= 11 is 0. The second kappa shape index (κ2) is 17.4. The normalized spacial score (nSPS) is 25.0. The van der Waals surface area contributed by atoms with Crippen LogP contribution in [0.4, 0.5) is 4.79 Å². The van der Waals surface area contributed by atoms with Crippen LogP contribution in [0.1, 0.15) is 63.0 Å². The molecule has 5 rings (SSSR count). The van der Waals surface area contributed by atoms with Gasteiger partial charge < -0.3 is 56.5 Å². The Bertz CT molecular complexity index is 1660. The number of carbonyl (C=O) groups is 5. The first kappa shape index (κ1) is 40.1. The predicted molar refractivity (Wildman–Crippen MR) is 197 cm³/mol. The van der Waals surface area contributed by atoms with Crippen LogP contribution in [0.25, 0.3) is 0 Å². The van der Waals surface area contributed by atoms with E-state index < -0.39 is 53.2 Å². The maximum absolute atomic E-state index is 14.0. The molecule has 17 heteroatoms. The van der Waals surface area contributed by atoms with Crippen LogP contribution in [0.15, 0.2) is 29.0 Å². The van der Waals surface area contributed by atoms with Gasteiger partial charge in [0.05, 0.1) is 32.7 Å². The molecule has 2 bridgehead atoms. The third-order valence-electron chi connectivity index (χ3n) is 11.4. The van der Waals surface area contributed by atoms with Crippen LogP contribution < -0.4 is 32.2 Å². The lowest BCUT2D eigenvalue weighted by Gasteiger charge is -2.57. The second-order valence-corrected chi connectivity index (χ2v) is 14.7. The minimum Gasteiger partial charge on any atom is -0.504 e. The number of likely N-dealkylation sites (tertiary alicyclic amines) is 2. The highest BCUT2D eigenvalue weighted by atomic mass is 16.6. The molecule has 4 aliphatic rings. The maximum atomic E-state index is 14.0. The Morgan fingerprint density at radius 1 is 1.13 bits per heavy atom. The first-order chi connectivity index (χ1) is 25.8. The smallest absolute Gasteiger partial charge is 0.415 e.